The summed E-state index contributed by atoms with van der Waals surface area (Å²) in [6, 6.07) is 8.40. The van der Waals surface area contributed by atoms with Crippen molar-refractivity contribution in [1.29, 1.82) is 0 Å². The van der Waals surface area contributed by atoms with Crippen LogP contribution in [-0.2, 0) is 4.79 Å². The zero-order valence-electron chi connectivity index (χ0n) is 19.5. The topological polar surface area (TPSA) is 69.2 Å². The predicted molar refractivity (Wildman–Crippen MR) is 138 cm³/mol. The fourth-order valence-corrected chi connectivity index (χ4v) is 3.95. The quantitative estimate of drug-likeness (QED) is 0.254. The second-order valence-electron chi connectivity index (χ2n) is 7.46. The third-order valence-electron chi connectivity index (χ3n) is 5.59. The number of ether oxygens (including phenoxy) is 1. The maximum Gasteiger partial charge on any atom is 0.224 e. The van der Waals surface area contributed by atoms with Crippen LogP contribution in [0.2, 0.25) is 0 Å². The minimum atomic E-state index is 0. The van der Waals surface area contributed by atoms with Gasteiger partial charge in [-0.25, -0.2) is 0 Å². The summed E-state index contributed by atoms with van der Waals surface area (Å²) >= 11 is 0. The fraction of sp³-hybridized carbons (Fsp3) is 0.652. The van der Waals surface area contributed by atoms with Crippen molar-refractivity contribution in [2.45, 2.75) is 46.1 Å². The van der Waals surface area contributed by atoms with Gasteiger partial charge in [-0.2, -0.15) is 0 Å². The van der Waals surface area contributed by atoms with E-state index in [9.17, 15) is 4.79 Å². The highest BCUT2D eigenvalue weighted by Gasteiger charge is 2.25. The highest BCUT2D eigenvalue weighted by atomic mass is 127. The van der Waals surface area contributed by atoms with Crippen LogP contribution in [-0.4, -0.2) is 74.6 Å². The maximum atomic E-state index is 12.2. The Kier molecular flexibility index (Phi) is 13.6. The minimum absolute atomic E-state index is 0. The van der Waals surface area contributed by atoms with Gasteiger partial charge in [-0.3, -0.25) is 14.7 Å². The Balaban J connectivity index is 0.00000480. The Hall–Kier alpha value is -1.55. The lowest BCUT2D eigenvalue weighted by Gasteiger charge is -2.28. The number of rotatable bonds is 11. The Morgan fingerprint density at radius 3 is 2.45 bits per heavy atom. The lowest BCUT2D eigenvalue weighted by Crippen LogP contribution is -2.40. The molecule has 1 aliphatic heterocycles. The molecule has 0 bridgehead atoms. The number of nitrogens with zero attached hydrogens (tertiary/aromatic N) is 3. The van der Waals surface area contributed by atoms with Crippen LogP contribution >= 0.6 is 24.0 Å². The number of guanidine groups is 1. The van der Waals surface area contributed by atoms with Crippen LogP contribution in [0.3, 0.4) is 0 Å². The third-order valence-corrected chi connectivity index (χ3v) is 5.59. The number of methoxy groups -OCH3 is 1. The molecule has 1 aliphatic rings. The van der Waals surface area contributed by atoms with Gasteiger partial charge in [-0.05, 0) is 52.8 Å². The zero-order valence-corrected chi connectivity index (χ0v) is 21.9. The third kappa shape index (κ3) is 8.48. The molecular formula is C23H40IN5O2. The number of hydrogen-bond acceptors (Lipinski definition) is 4. The van der Waals surface area contributed by atoms with Crippen LogP contribution in [0.15, 0.2) is 29.3 Å². The molecule has 1 aromatic carbocycles. The van der Waals surface area contributed by atoms with Crippen LogP contribution in [0, 0.1) is 0 Å². The normalized spacial score (nSPS) is 15.2. The number of carbonyl (C=O) groups excluding carboxylic acids is 1. The number of amides is 1. The standard InChI is InChI=1S/C23H39N5O2.HI/c1-5-24-23(25-15-14-22(29)27(6-2)7-3)26-18-20(28-16-10-11-17-28)19-12-8-9-13-21(19)30-4;/h8-9,12-13,20H,5-7,10-11,14-18H2,1-4H3,(H2,24,25,26);1H. The molecule has 1 aromatic rings. The molecule has 1 saturated heterocycles. The van der Waals surface area contributed by atoms with Crippen molar-refractivity contribution in [3.05, 3.63) is 29.8 Å². The Labute approximate surface area is 205 Å². The first-order chi connectivity index (χ1) is 14.6. The molecule has 7 nitrogen and oxygen atoms in total. The predicted octanol–water partition coefficient (Wildman–Crippen LogP) is 3.26. The van der Waals surface area contributed by atoms with Crippen molar-refractivity contribution in [3.8, 4) is 5.75 Å². The summed E-state index contributed by atoms with van der Waals surface area (Å²) < 4.78 is 5.63. The van der Waals surface area contributed by atoms with Gasteiger partial charge in [0.2, 0.25) is 5.91 Å². The summed E-state index contributed by atoms with van der Waals surface area (Å²) in [5.74, 6) is 1.84. The van der Waals surface area contributed by atoms with E-state index in [0.717, 1.165) is 44.4 Å². The molecule has 1 unspecified atom stereocenters. The molecule has 1 amide bonds. The number of aliphatic imine (C=N–C) groups is 1. The Morgan fingerprint density at radius 1 is 1.16 bits per heavy atom. The molecule has 1 fully saturated rings. The molecule has 1 heterocycles. The molecule has 0 aromatic heterocycles. The van der Waals surface area contributed by atoms with E-state index >= 15 is 0 Å². The average molecular weight is 546 g/mol. The molecular weight excluding hydrogens is 505 g/mol. The summed E-state index contributed by atoms with van der Waals surface area (Å²) in [6.07, 6.45) is 2.91. The van der Waals surface area contributed by atoms with Crippen molar-refractivity contribution < 1.29 is 9.53 Å². The minimum Gasteiger partial charge on any atom is -0.496 e. The number of nitrogens with one attached hydrogen (secondary N) is 2. The number of benzene rings is 1. The SMILES string of the molecule is CCNC(=NCC(c1ccccc1OC)N1CCCC1)NCCC(=O)N(CC)CC.I. The summed E-state index contributed by atoms with van der Waals surface area (Å²) in [7, 11) is 1.72. The number of likely N-dealkylation sites (tertiary alicyclic amines) is 1. The van der Waals surface area contributed by atoms with Crippen molar-refractivity contribution in [2.75, 3.05) is 52.9 Å². The first-order valence-corrected chi connectivity index (χ1v) is 11.3. The van der Waals surface area contributed by atoms with Gasteiger partial charge in [0.1, 0.15) is 5.75 Å². The van der Waals surface area contributed by atoms with E-state index < -0.39 is 0 Å². The van der Waals surface area contributed by atoms with Crippen molar-refractivity contribution in [3.63, 3.8) is 0 Å². The van der Waals surface area contributed by atoms with Gasteiger partial charge in [-0.1, -0.05) is 18.2 Å². The van der Waals surface area contributed by atoms with Gasteiger partial charge in [0.05, 0.1) is 19.7 Å². The van der Waals surface area contributed by atoms with E-state index in [1.165, 1.54) is 18.4 Å². The van der Waals surface area contributed by atoms with E-state index in [1.807, 2.05) is 30.9 Å². The molecule has 2 N–H and O–H groups in total. The highest BCUT2D eigenvalue weighted by molar-refractivity contribution is 14.0. The molecule has 0 aliphatic carbocycles. The van der Waals surface area contributed by atoms with Gasteiger partial charge >= 0.3 is 0 Å². The molecule has 0 radical (unpaired) electrons. The second kappa shape index (κ2) is 15.3. The molecule has 176 valence electrons. The Morgan fingerprint density at radius 2 is 1.84 bits per heavy atom. The van der Waals surface area contributed by atoms with Gasteiger partial charge in [0.25, 0.3) is 0 Å². The van der Waals surface area contributed by atoms with Gasteiger partial charge < -0.3 is 20.3 Å². The molecule has 31 heavy (non-hydrogen) atoms. The molecule has 0 saturated carbocycles. The van der Waals surface area contributed by atoms with Crippen LogP contribution in [0.25, 0.3) is 0 Å². The monoisotopic (exact) mass is 545 g/mol. The number of halogens is 1. The van der Waals surface area contributed by atoms with Gasteiger partial charge in [0.15, 0.2) is 5.96 Å². The second-order valence-corrected chi connectivity index (χ2v) is 7.46. The van der Waals surface area contributed by atoms with E-state index in [2.05, 4.69) is 34.6 Å². The summed E-state index contributed by atoms with van der Waals surface area (Å²) in [6.45, 7) is 11.7. The summed E-state index contributed by atoms with van der Waals surface area (Å²) in [5, 5.41) is 6.63. The van der Waals surface area contributed by atoms with Crippen LogP contribution in [0.1, 0.15) is 51.6 Å². The molecule has 8 heteroatoms. The van der Waals surface area contributed by atoms with Crippen LogP contribution in [0.5, 0.6) is 5.75 Å². The van der Waals surface area contributed by atoms with E-state index in [0.29, 0.717) is 19.5 Å². The van der Waals surface area contributed by atoms with Gasteiger partial charge in [-0.15, -0.1) is 24.0 Å². The fourth-order valence-electron chi connectivity index (χ4n) is 3.95. The van der Waals surface area contributed by atoms with E-state index in [4.69, 9.17) is 9.73 Å². The number of hydrogen-bond donors (Lipinski definition) is 2. The average Bonchev–Trinajstić information content (AvgIpc) is 3.29. The lowest BCUT2D eigenvalue weighted by atomic mass is 10.0. The largest absolute Gasteiger partial charge is 0.496 e. The summed E-state index contributed by atoms with van der Waals surface area (Å²) in [4.78, 5) is 21.5. The van der Waals surface area contributed by atoms with Crippen LogP contribution in [0.4, 0.5) is 0 Å². The summed E-state index contributed by atoms with van der Waals surface area (Å²) in [5.41, 5.74) is 1.18. The number of carbonyl (C=O) groups is 1. The van der Waals surface area contributed by atoms with Gasteiger partial charge in [0, 0.05) is 38.2 Å². The first-order valence-electron chi connectivity index (χ1n) is 11.3. The maximum absolute atomic E-state index is 12.2. The number of para-hydroxylation sites is 1. The first kappa shape index (κ1) is 27.5. The molecule has 1 atom stereocenters. The zero-order chi connectivity index (χ0) is 21.8. The van der Waals surface area contributed by atoms with Crippen molar-refractivity contribution >= 4 is 35.8 Å². The van der Waals surface area contributed by atoms with E-state index in [-0.39, 0.29) is 35.9 Å². The Bertz CT molecular complexity index is 676. The lowest BCUT2D eigenvalue weighted by molar-refractivity contribution is -0.130. The smallest absolute Gasteiger partial charge is 0.224 e. The molecule has 2 rings (SSSR count). The van der Waals surface area contributed by atoms with E-state index in [1.54, 1.807) is 7.11 Å². The van der Waals surface area contributed by atoms with Crippen LogP contribution < -0.4 is 15.4 Å². The molecule has 0 spiro atoms. The van der Waals surface area contributed by atoms with Crippen molar-refractivity contribution in [2.24, 2.45) is 4.99 Å². The van der Waals surface area contributed by atoms with Crippen molar-refractivity contribution in [1.82, 2.24) is 20.4 Å². The highest BCUT2D eigenvalue weighted by Crippen LogP contribution is 2.31.